The van der Waals surface area contributed by atoms with Crippen LogP contribution in [0.3, 0.4) is 0 Å². The van der Waals surface area contributed by atoms with E-state index in [4.69, 9.17) is 5.11 Å². The van der Waals surface area contributed by atoms with E-state index in [0.717, 1.165) is 26.2 Å². The average molecular weight is 292 g/mol. The number of nitrogens with zero attached hydrogens (tertiary/aromatic N) is 2. The van der Waals surface area contributed by atoms with Crippen molar-refractivity contribution in [3.63, 3.8) is 0 Å². The van der Waals surface area contributed by atoms with E-state index in [9.17, 15) is 5.11 Å². The van der Waals surface area contributed by atoms with Gasteiger partial charge in [-0.05, 0) is 36.9 Å². The van der Waals surface area contributed by atoms with Gasteiger partial charge in [-0.25, -0.2) is 0 Å². The average Bonchev–Trinajstić information content (AvgIpc) is 2.83. The molecule has 1 aliphatic heterocycles. The van der Waals surface area contributed by atoms with Gasteiger partial charge in [-0.3, -0.25) is 4.90 Å². The Labute approximate surface area is 128 Å². The van der Waals surface area contributed by atoms with Crippen LogP contribution in [0.4, 0.5) is 0 Å². The molecule has 0 aliphatic carbocycles. The topological polar surface area (TPSA) is 46.9 Å². The molecular formula is C17H28N2O2. The molecule has 2 N–H and O–H groups in total. The minimum Gasteiger partial charge on any atom is -0.396 e. The van der Waals surface area contributed by atoms with Crippen molar-refractivity contribution in [2.24, 2.45) is 11.8 Å². The molecule has 0 saturated carbocycles. The molecule has 0 bridgehead atoms. The SMILES string of the molecule is Cc1ccccc1CN1C[C@@H](CN(C)CCO)[C@@H](CO)C1. The fourth-order valence-electron chi connectivity index (χ4n) is 3.27. The van der Waals surface area contributed by atoms with Gasteiger partial charge in [0.15, 0.2) is 0 Å². The molecule has 1 saturated heterocycles. The molecule has 1 heterocycles. The molecule has 1 aliphatic rings. The fourth-order valence-corrected chi connectivity index (χ4v) is 3.27. The number of hydrogen-bond acceptors (Lipinski definition) is 4. The first kappa shape index (κ1) is 16.4. The van der Waals surface area contributed by atoms with Crippen molar-refractivity contribution >= 4 is 0 Å². The highest BCUT2D eigenvalue weighted by Gasteiger charge is 2.32. The van der Waals surface area contributed by atoms with Gasteiger partial charge in [0.2, 0.25) is 0 Å². The molecule has 1 aromatic rings. The maximum absolute atomic E-state index is 9.62. The maximum atomic E-state index is 9.62. The number of rotatable bonds is 7. The van der Waals surface area contributed by atoms with Crippen molar-refractivity contribution in [3.05, 3.63) is 35.4 Å². The number of benzene rings is 1. The number of likely N-dealkylation sites (N-methyl/N-ethyl adjacent to an activating group) is 1. The lowest BCUT2D eigenvalue weighted by atomic mass is 9.96. The van der Waals surface area contributed by atoms with Gasteiger partial charge in [0.25, 0.3) is 0 Å². The summed E-state index contributed by atoms with van der Waals surface area (Å²) in [6, 6.07) is 8.51. The summed E-state index contributed by atoms with van der Waals surface area (Å²) < 4.78 is 0. The second-order valence-electron chi connectivity index (χ2n) is 6.31. The summed E-state index contributed by atoms with van der Waals surface area (Å²) in [5, 5.41) is 18.6. The molecule has 4 heteroatoms. The lowest BCUT2D eigenvalue weighted by Gasteiger charge is -2.23. The first-order valence-corrected chi connectivity index (χ1v) is 7.81. The Kier molecular flexibility index (Phi) is 6.18. The van der Waals surface area contributed by atoms with Crippen molar-refractivity contribution in [2.75, 3.05) is 46.4 Å². The Balaban J connectivity index is 1.93. The predicted molar refractivity (Wildman–Crippen MR) is 85.1 cm³/mol. The molecular weight excluding hydrogens is 264 g/mol. The molecule has 118 valence electrons. The lowest BCUT2D eigenvalue weighted by Crippen LogP contribution is -2.32. The summed E-state index contributed by atoms with van der Waals surface area (Å²) in [4.78, 5) is 4.60. The van der Waals surface area contributed by atoms with Crippen LogP contribution in [0.15, 0.2) is 24.3 Å². The van der Waals surface area contributed by atoms with Crippen LogP contribution >= 0.6 is 0 Å². The summed E-state index contributed by atoms with van der Waals surface area (Å²) in [5.41, 5.74) is 2.71. The van der Waals surface area contributed by atoms with Crippen LogP contribution in [0.1, 0.15) is 11.1 Å². The highest BCUT2D eigenvalue weighted by molar-refractivity contribution is 5.25. The summed E-state index contributed by atoms with van der Waals surface area (Å²) in [7, 11) is 2.04. The summed E-state index contributed by atoms with van der Waals surface area (Å²) in [5.74, 6) is 0.825. The van der Waals surface area contributed by atoms with Crippen LogP contribution in [0, 0.1) is 18.8 Å². The minimum atomic E-state index is 0.194. The molecule has 0 amide bonds. The summed E-state index contributed by atoms with van der Waals surface area (Å²) >= 11 is 0. The Morgan fingerprint density at radius 3 is 2.57 bits per heavy atom. The quantitative estimate of drug-likeness (QED) is 0.786. The van der Waals surface area contributed by atoms with E-state index >= 15 is 0 Å². The standard InChI is InChI=1S/C17H28N2O2/c1-14-5-3-4-6-15(14)10-19-11-16(17(12-19)13-21)9-18(2)7-8-20/h3-6,16-17,20-21H,7-13H2,1-2H3/t16-,17-/m1/s1. The number of aliphatic hydroxyl groups excluding tert-OH is 2. The molecule has 1 fully saturated rings. The van der Waals surface area contributed by atoms with Crippen LogP contribution < -0.4 is 0 Å². The lowest BCUT2D eigenvalue weighted by molar-refractivity contribution is 0.160. The maximum Gasteiger partial charge on any atom is 0.0558 e. The highest BCUT2D eigenvalue weighted by Crippen LogP contribution is 2.26. The van der Waals surface area contributed by atoms with E-state index in [2.05, 4.69) is 41.0 Å². The van der Waals surface area contributed by atoms with Crippen molar-refractivity contribution < 1.29 is 10.2 Å². The minimum absolute atomic E-state index is 0.194. The van der Waals surface area contributed by atoms with Gasteiger partial charge in [0, 0.05) is 39.3 Å². The van der Waals surface area contributed by atoms with Crippen LogP contribution in [0.25, 0.3) is 0 Å². The van der Waals surface area contributed by atoms with Crippen LogP contribution in [0.2, 0.25) is 0 Å². The first-order valence-electron chi connectivity index (χ1n) is 7.81. The van der Waals surface area contributed by atoms with Crippen LogP contribution in [0.5, 0.6) is 0 Å². The summed E-state index contributed by atoms with van der Waals surface area (Å²) in [6.45, 7) is 7.19. The summed E-state index contributed by atoms with van der Waals surface area (Å²) in [6.07, 6.45) is 0. The Bertz CT molecular complexity index is 439. The second-order valence-corrected chi connectivity index (χ2v) is 6.31. The number of hydrogen-bond donors (Lipinski definition) is 2. The van der Waals surface area contributed by atoms with E-state index in [0.29, 0.717) is 18.4 Å². The number of aryl methyl sites for hydroxylation is 1. The second kappa shape index (κ2) is 7.90. The third-order valence-electron chi connectivity index (χ3n) is 4.57. The molecule has 0 spiro atoms. The predicted octanol–water partition coefficient (Wildman–Crippen LogP) is 0.959. The molecule has 0 aromatic heterocycles. The van der Waals surface area contributed by atoms with Crippen molar-refractivity contribution in [1.82, 2.24) is 9.80 Å². The molecule has 0 unspecified atom stereocenters. The molecule has 1 aromatic carbocycles. The monoisotopic (exact) mass is 292 g/mol. The molecule has 2 rings (SSSR count). The van der Waals surface area contributed by atoms with Gasteiger partial charge in [0.1, 0.15) is 0 Å². The van der Waals surface area contributed by atoms with E-state index in [1.165, 1.54) is 11.1 Å². The zero-order valence-corrected chi connectivity index (χ0v) is 13.2. The largest absolute Gasteiger partial charge is 0.396 e. The molecule has 21 heavy (non-hydrogen) atoms. The van der Waals surface area contributed by atoms with Crippen LogP contribution in [-0.4, -0.2) is 66.5 Å². The molecule has 0 radical (unpaired) electrons. The Morgan fingerprint density at radius 1 is 1.19 bits per heavy atom. The number of aliphatic hydroxyl groups is 2. The zero-order valence-electron chi connectivity index (χ0n) is 13.2. The molecule has 2 atom stereocenters. The Morgan fingerprint density at radius 2 is 1.90 bits per heavy atom. The van der Waals surface area contributed by atoms with E-state index in [1.54, 1.807) is 0 Å². The van der Waals surface area contributed by atoms with E-state index < -0.39 is 0 Å². The van der Waals surface area contributed by atoms with Gasteiger partial charge in [-0.15, -0.1) is 0 Å². The van der Waals surface area contributed by atoms with Crippen molar-refractivity contribution in [1.29, 1.82) is 0 Å². The van der Waals surface area contributed by atoms with E-state index in [-0.39, 0.29) is 13.2 Å². The van der Waals surface area contributed by atoms with Crippen LogP contribution in [-0.2, 0) is 6.54 Å². The normalized spacial score (nSPS) is 23.1. The number of likely N-dealkylation sites (tertiary alicyclic amines) is 1. The van der Waals surface area contributed by atoms with Crippen molar-refractivity contribution in [3.8, 4) is 0 Å². The van der Waals surface area contributed by atoms with Gasteiger partial charge in [0.05, 0.1) is 6.61 Å². The van der Waals surface area contributed by atoms with Crippen molar-refractivity contribution in [2.45, 2.75) is 13.5 Å². The van der Waals surface area contributed by atoms with E-state index in [1.807, 2.05) is 7.05 Å². The fraction of sp³-hybridized carbons (Fsp3) is 0.647. The zero-order chi connectivity index (χ0) is 15.2. The highest BCUT2D eigenvalue weighted by atomic mass is 16.3. The van der Waals surface area contributed by atoms with Gasteiger partial charge in [-0.1, -0.05) is 24.3 Å². The van der Waals surface area contributed by atoms with Gasteiger partial charge >= 0.3 is 0 Å². The van der Waals surface area contributed by atoms with Gasteiger partial charge in [-0.2, -0.15) is 0 Å². The molecule has 4 nitrogen and oxygen atoms in total. The Hall–Kier alpha value is -0.940. The van der Waals surface area contributed by atoms with Gasteiger partial charge < -0.3 is 15.1 Å². The smallest absolute Gasteiger partial charge is 0.0558 e. The third kappa shape index (κ3) is 4.51. The third-order valence-corrected chi connectivity index (χ3v) is 4.57. The first-order chi connectivity index (χ1) is 10.1.